The van der Waals surface area contributed by atoms with Gasteiger partial charge < -0.3 is 4.57 Å². The van der Waals surface area contributed by atoms with Crippen molar-refractivity contribution in [2.75, 3.05) is 0 Å². The number of aryl methyl sites for hydroxylation is 2. The van der Waals surface area contributed by atoms with Gasteiger partial charge in [-0.15, -0.1) is 0 Å². The molecule has 0 radical (unpaired) electrons. The van der Waals surface area contributed by atoms with Gasteiger partial charge in [-0.25, -0.2) is 8.78 Å². The van der Waals surface area contributed by atoms with Gasteiger partial charge in [-0.2, -0.15) is 22.8 Å². The first-order valence-electron chi connectivity index (χ1n) is 9.36. The second-order valence-corrected chi connectivity index (χ2v) is 7.04. The smallest absolute Gasteiger partial charge is 0.328 e. The average molecular weight is 433 g/mol. The van der Waals surface area contributed by atoms with Crippen molar-refractivity contribution < 1.29 is 22.0 Å². The van der Waals surface area contributed by atoms with Crippen LogP contribution in [0.5, 0.6) is 0 Å². The summed E-state index contributed by atoms with van der Waals surface area (Å²) in [6, 6.07) is 8.78. The number of aromatic nitrogens is 3. The second-order valence-electron chi connectivity index (χ2n) is 7.04. The van der Waals surface area contributed by atoms with Crippen LogP contribution in [0.15, 0.2) is 53.3 Å². The van der Waals surface area contributed by atoms with Crippen LogP contribution in [0.4, 0.5) is 22.0 Å². The Balaban J connectivity index is 2.01. The number of benzene rings is 2. The standard InChI is InChI=1S/C22H16F5N3O/c1-3-17-20(15-9-8-14(23)10-16(15)24)21-29(2)18(11-19(31)30(21)28-17)12-4-6-13(7-5-12)22(25,26)27/h4-11H,3H2,1-2H3. The van der Waals surface area contributed by atoms with Crippen LogP contribution in [-0.4, -0.2) is 14.2 Å². The number of nitrogens with zero attached hydrogens (tertiary/aromatic N) is 3. The number of fused-ring (bicyclic) bond motifs is 1. The third-order valence-electron chi connectivity index (χ3n) is 5.12. The lowest BCUT2D eigenvalue weighted by Gasteiger charge is -2.14. The van der Waals surface area contributed by atoms with Crippen LogP contribution in [0, 0.1) is 11.6 Å². The lowest BCUT2D eigenvalue weighted by Crippen LogP contribution is -2.18. The summed E-state index contributed by atoms with van der Waals surface area (Å²) in [5, 5.41) is 4.29. The summed E-state index contributed by atoms with van der Waals surface area (Å²) in [5.74, 6) is -1.55. The molecule has 2 aromatic carbocycles. The van der Waals surface area contributed by atoms with E-state index in [-0.39, 0.29) is 11.2 Å². The monoisotopic (exact) mass is 433 g/mol. The third kappa shape index (κ3) is 3.49. The van der Waals surface area contributed by atoms with E-state index in [0.717, 1.165) is 28.8 Å². The van der Waals surface area contributed by atoms with Crippen LogP contribution in [0.2, 0.25) is 0 Å². The van der Waals surface area contributed by atoms with Gasteiger partial charge in [0.05, 0.1) is 22.5 Å². The number of halogens is 5. The lowest BCUT2D eigenvalue weighted by atomic mass is 10.0. The van der Waals surface area contributed by atoms with Crippen molar-refractivity contribution in [3.8, 4) is 22.4 Å². The molecule has 160 valence electrons. The van der Waals surface area contributed by atoms with E-state index in [9.17, 15) is 26.7 Å². The fourth-order valence-corrected chi connectivity index (χ4v) is 3.63. The number of alkyl halides is 3. The van der Waals surface area contributed by atoms with E-state index in [1.807, 2.05) is 0 Å². The Kier molecular flexibility index (Phi) is 4.91. The minimum Gasteiger partial charge on any atom is -0.328 e. The molecule has 0 bridgehead atoms. The summed E-state index contributed by atoms with van der Waals surface area (Å²) in [6.07, 6.45) is -4.11. The summed E-state index contributed by atoms with van der Waals surface area (Å²) in [7, 11) is 1.60. The van der Waals surface area contributed by atoms with E-state index in [1.54, 1.807) is 18.5 Å². The van der Waals surface area contributed by atoms with Crippen molar-refractivity contribution in [3.63, 3.8) is 0 Å². The molecule has 0 aliphatic heterocycles. The third-order valence-corrected chi connectivity index (χ3v) is 5.12. The first-order valence-corrected chi connectivity index (χ1v) is 9.36. The van der Waals surface area contributed by atoms with Gasteiger partial charge in [0, 0.05) is 24.7 Å². The maximum atomic E-state index is 14.6. The summed E-state index contributed by atoms with van der Waals surface area (Å²) < 4.78 is 69.4. The molecule has 0 fully saturated rings. The summed E-state index contributed by atoms with van der Waals surface area (Å²) >= 11 is 0. The Morgan fingerprint density at radius 1 is 1.00 bits per heavy atom. The minimum atomic E-state index is -4.48. The first-order chi connectivity index (χ1) is 14.6. The molecule has 31 heavy (non-hydrogen) atoms. The molecule has 4 aromatic rings. The summed E-state index contributed by atoms with van der Waals surface area (Å²) in [5.41, 5.74) is 0.464. The normalized spacial score (nSPS) is 12.0. The molecule has 9 heteroatoms. The summed E-state index contributed by atoms with van der Waals surface area (Å²) in [4.78, 5) is 12.8. The quantitative estimate of drug-likeness (QED) is 0.415. The van der Waals surface area contributed by atoms with E-state index in [2.05, 4.69) is 5.10 Å². The lowest BCUT2D eigenvalue weighted by molar-refractivity contribution is -0.137. The van der Waals surface area contributed by atoms with Gasteiger partial charge in [-0.1, -0.05) is 19.1 Å². The highest BCUT2D eigenvalue weighted by Gasteiger charge is 2.30. The molecule has 0 aliphatic rings. The van der Waals surface area contributed by atoms with Gasteiger partial charge in [-0.05, 0) is 36.2 Å². The second kappa shape index (κ2) is 7.33. The Morgan fingerprint density at radius 2 is 1.68 bits per heavy atom. The SMILES string of the molecule is CCc1nn2c(=O)cc(-c3ccc(C(F)(F)F)cc3)n(C)c2c1-c1ccc(F)cc1F. The number of hydrogen-bond acceptors (Lipinski definition) is 2. The zero-order valence-electron chi connectivity index (χ0n) is 16.5. The Hall–Kier alpha value is -3.49. The van der Waals surface area contributed by atoms with Crippen molar-refractivity contribution in [3.05, 3.63) is 81.8 Å². The molecule has 0 N–H and O–H groups in total. The molecule has 0 saturated heterocycles. The minimum absolute atomic E-state index is 0.0767. The maximum absolute atomic E-state index is 14.6. The van der Waals surface area contributed by atoms with E-state index < -0.39 is 28.9 Å². The topological polar surface area (TPSA) is 39.3 Å². The van der Waals surface area contributed by atoms with E-state index in [4.69, 9.17) is 0 Å². The predicted octanol–water partition coefficient (Wildman–Crippen LogP) is 5.23. The summed E-state index contributed by atoms with van der Waals surface area (Å²) in [6.45, 7) is 1.79. The van der Waals surface area contributed by atoms with Crippen LogP contribution in [0.3, 0.4) is 0 Å². The van der Waals surface area contributed by atoms with Gasteiger partial charge >= 0.3 is 6.18 Å². The van der Waals surface area contributed by atoms with Crippen molar-refractivity contribution >= 4 is 5.65 Å². The number of rotatable bonds is 3. The molecular formula is C22H16F5N3O. The van der Waals surface area contributed by atoms with Crippen LogP contribution < -0.4 is 5.56 Å². The van der Waals surface area contributed by atoms with Crippen molar-refractivity contribution in [2.45, 2.75) is 19.5 Å². The molecule has 4 nitrogen and oxygen atoms in total. The Morgan fingerprint density at radius 3 is 2.26 bits per heavy atom. The van der Waals surface area contributed by atoms with Gasteiger partial charge in [0.1, 0.15) is 17.3 Å². The highest BCUT2D eigenvalue weighted by Crippen LogP contribution is 2.34. The molecule has 2 aromatic heterocycles. The van der Waals surface area contributed by atoms with Gasteiger partial charge in [0.2, 0.25) is 0 Å². The molecule has 4 rings (SSSR count). The molecule has 0 atom stereocenters. The van der Waals surface area contributed by atoms with Crippen molar-refractivity contribution in [1.82, 2.24) is 14.2 Å². The number of hydrogen-bond donors (Lipinski definition) is 0. The molecule has 2 heterocycles. The average Bonchev–Trinajstić information content (AvgIpc) is 3.10. The molecule has 0 spiro atoms. The van der Waals surface area contributed by atoms with Gasteiger partial charge in [0.15, 0.2) is 0 Å². The molecule has 0 aliphatic carbocycles. The van der Waals surface area contributed by atoms with Crippen molar-refractivity contribution in [2.24, 2.45) is 7.05 Å². The molecular weight excluding hydrogens is 417 g/mol. The fraction of sp³-hybridized carbons (Fsp3) is 0.182. The Bertz CT molecular complexity index is 1350. The van der Waals surface area contributed by atoms with E-state index in [1.165, 1.54) is 24.3 Å². The molecule has 0 saturated carbocycles. The zero-order valence-corrected chi connectivity index (χ0v) is 16.5. The molecule has 0 amide bonds. The van der Waals surface area contributed by atoms with Crippen molar-refractivity contribution in [1.29, 1.82) is 0 Å². The van der Waals surface area contributed by atoms with Crippen LogP contribution >= 0.6 is 0 Å². The Labute approximate surface area is 173 Å². The van der Waals surface area contributed by atoms with Gasteiger partial charge in [0.25, 0.3) is 5.56 Å². The largest absolute Gasteiger partial charge is 0.416 e. The first kappa shape index (κ1) is 20.8. The molecule has 0 unspecified atom stereocenters. The highest BCUT2D eigenvalue weighted by atomic mass is 19.4. The fourth-order valence-electron chi connectivity index (χ4n) is 3.63. The van der Waals surface area contributed by atoms with Crippen LogP contribution in [0.1, 0.15) is 18.2 Å². The van der Waals surface area contributed by atoms with Crippen LogP contribution in [-0.2, 0) is 19.6 Å². The highest BCUT2D eigenvalue weighted by molar-refractivity contribution is 5.82. The predicted molar refractivity (Wildman–Crippen MR) is 106 cm³/mol. The maximum Gasteiger partial charge on any atom is 0.416 e. The van der Waals surface area contributed by atoms with E-state index >= 15 is 0 Å². The van der Waals surface area contributed by atoms with E-state index in [0.29, 0.717) is 28.9 Å². The zero-order chi connectivity index (χ0) is 22.5. The van der Waals surface area contributed by atoms with Crippen LogP contribution in [0.25, 0.3) is 28.0 Å². The van der Waals surface area contributed by atoms with Gasteiger partial charge in [-0.3, -0.25) is 4.79 Å².